The van der Waals surface area contributed by atoms with Gasteiger partial charge in [-0.1, -0.05) is 5.16 Å². The van der Waals surface area contributed by atoms with Crippen molar-refractivity contribution in [1.82, 2.24) is 15.1 Å². The van der Waals surface area contributed by atoms with Crippen molar-refractivity contribution < 1.29 is 32.0 Å². The second-order valence-electron chi connectivity index (χ2n) is 8.59. The van der Waals surface area contributed by atoms with Crippen LogP contribution < -0.4 is 0 Å². The summed E-state index contributed by atoms with van der Waals surface area (Å²) in [6, 6.07) is -0.0309. The highest BCUT2D eigenvalue weighted by molar-refractivity contribution is 5.85. The van der Waals surface area contributed by atoms with Gasteiger partial charge < -0.3 is 9.26 Å². The van der Waals surface area contributed by atoms with E-state index in [1.54, 1.807) is 13.8 Å². The molecule has 0 spiro atoms. The van der Waals surface area contributed by atoms with Crippen LogP contribution in [0.1, 0.15) is 77.9 Å². The van der Waals surface area contributed by atoms with Crippen molar-refractivity contribution in [3.63, 3.8) is 0 Å². The fraction of sp³-hybridized carbons (Fsp3) is 0.600. The topological polar surface area (TPSA) is 98.2 Å². The molecule has 0 radical (unpaired) electrons. The molecule has 1 unspecified atom stereocenters. The minimum Gasteiger partial charge on any atom is -0.380 e. The number of nitrogens with zero attached hydrogens (tertiary/aromatic N) is 4. The Bertz CT molecular complexity index is 1030. The fourth-order valence-electron chi connectivity index (χ4n) is 3.82. The number of pyridine rings is 1. The van der Waals surface area contributed by atoms with E-state index in [-0.39, 0.29) is 46.9 Å². The number of carbonyl (C=O) groups is 1. The Balaban J connectivity index is 1.70. The molecule has 4 rings (SSSR count). The summed E-state index contributed by atoms with van der Waals surface area (Å²) < 4.78 is 50.7. The summed E-state index contributed by atoms with van der Waals surface area (Å²) >= 11 is 0. The Morgan fingerprint density at radius 3 is 2.48 bits per heavy atom. The lowest BCUT2D eigenvalue weighted by Crippen LogP contribution is -2.49. The number of hydrogen-bond acceptors (Lipinski definition) is 7. The van der Waals surface area contributed by atoms with Crippen molar-refractivity contribution in [1.29, 1.82) is 0 Å². The average molecular weight is 439 g/mol. The fourth-order valence-corrected chi connectivity index (χ4v) is 3.82. The van der Waals surface area contributed by atoms with Gasteiger partial charge in [-0.15, -0.1) is 0 Å². The summed E-state index contributed by atoms with van der Waals surface area (Å²) in [6.45, 7) is 4.73. The second kappa shape index (κ2) is 7.47. The first kappa shape index (κ1) is 21.5. The van der Waals surface area contributed by atoms with Gasteiger partial charge in [-0.3, -0.25) is 0 Å². The zero-order valence-electron chi connectivity index (χ0n) is 17.3. The lowest BCUT2D eigenvalue weighted by atomic mass is 9.79. The quantitative estimate of drug-likeness (QED) is 0.627. The number of alkyl halides is 3. The molecule has 2 fully saturated rings. The normalized spacial score (nSPS) is 20.1. The van der Waals surface area contributed by atoms with Crippen molar-refractivity contribution >= 4 is 5.91 Å². The van der Waals surface area contributed by atoms with E-state index in [9.17, 15) is 22.9 Å². The van der Waals surface area contributed by atoms with Gasteiger partial charge in [0, 0.05) is 18.0 Å². The van der Waals surface area contributed by atoms with Crippen molar-refractivity contribution in [3.05, 3.63) is 45.7 Å². The van der Waals surface area contributed by atoms with E-state index in [1.165, 1.54) is 6.20 Å². The van der Waals surface area contributed by atoms with Crippen LogP contribution >= 0.6 is 0 Å². The van der Waals surface area contributed by atoms with Gasteiger partial charge in [-0.2, -0.15) is 18.2 Å². The third-order valence-corrected chi connectivity index (χ3v) is 5.91. The molecule has 2 atom stereocenters. The van der Waals surface area contributed by atoms with Crippen LogP contribution in [0.15, 0.2) is 16.8 Å². The molecule has 2 aromatic heterocycles. The highest BCUT2D eigenvalue weighted by Gasteiger charge is 2.57. The zero-order chi connectivity index (χ0) is 22.6. The van der Waals surface area contributed by atoms with Gasteiger partial charge in [0.1, 0.15) is 0 Å². The lowest BCUT2D eigenvalue weighted by molar-refractivity contribution is -0.533. The Morgan fingerprint density at radius 2 is 2.00 bits per heavy atom. The van der Waals surface area contributed by atoms with E-state index in [2.05, 4.69) is 15.1 Å². The molecule has 2 aromatic rings. The SMILES string of the molecule is Cc1nc(C([N+](=O)C(=O)c2cc([C@H](C)C(F)(F)F)c(C3CC3)cn2)C2(C)COC2)no1. The Morgan fingerprint density at radius 1 is 1.32 bits per heavy atom. The summed E-state index contributed by atoms with van der Waals surface area (Å²) in [5, 5.41) is 3.78. The minimum absolute atomic E-state index is 0.000830. The van der Waals surface area contributed by atoms with E-state index >= 15 is 0 Å². The molecule has 1 aliphatic heterocycles. The number of carbonyl (C=O) groups excluding carboxylic acids is 1. The van der Waals surface area contributed by atoms with E-state index in [4.69, 9.17) is 9.26 Å². The number of nitroso groups, excluding NO2 is 1. The van der Waals surface area contributed by atoms with Crippen LogP contribution in [0, 0.1) is 17.2 Å². The van der Waals surface area contributed by atoms with Crippen molar-refractivity contribution in [3.8, 4) is 0 Å². The molecule has 11 heteroatoms. The molecule has 1 aliphatic carbocycles. The van der Waals surface area contributed by atoms with Gasteiger partial charge in [0.2, 0.25) is 11.7 Å². The third-order valence-electron chi connectivity index (χ3n) is 5.91. The number of halogens is 3. The predicted molar refractivity (Wildman–Crippen MR) is 99.3 cm³/mol. The molecule has 1 amide bonds. The maximum Gasteiger partial charge on any atom is 0.484 e. The average Bonchev–Trinajstić information content (AvgIpc) is 3.45. The molecule has 1 saturated heterocycles. The summed E-state index contributed by atoms with van der Waals surface area (Å²) in [5.74, 6) is -2.60. The standard InChI is InChI=1S/C20H22F3N4O4/c1-10(20(21,22)23)13-6-15(24-7-14(13)12-4-5-12)18(28)27(29)16(19(3)8-30-9-19)17-25-11(2)31-26-17/h6-7,10,12,16H,4-5,8-9H2,1-3H3/q+1/t10-,16?/m0/s1. The Kier molecular flexibility index (Phi) is 5.19. The van der Waals surface area contributed by atoms with Crippen LogP contribution in [0.25, 0.3) is 0 Å². The zero-order valence-corrected chi connectivity index (χ0v) is 17.3. The molecule has 8 nitrogen and oxygen atoms in total. The number of ether oxygens (including phenoxy) is 1. The molecule has 1 saturated carbocycles. The number of amides is 1. The number of aromatic nitrogens is 3. The summed E-state index contributed by atoms with van der Waals surface area (Å²) in [6.07, 6.45) is -1.64. The molecule has 0 N–H and O–H groups in total. The van der Waals surface area contributed by atoms with E-state index in [1.807, 2.05) is 0 Å². The van der Waals surface area contributed by atoms with E-state index in [0.29, 0.717) is 5.56 Å². The molecule has 0 bridgehead atoms. The van der Waals surface area contributed by atoms with Gasteiger partial charge in [-0.25, -0.2) is 9.78 Å². The molecule has 31 heavy (non-hydrogen) atoms. The van der Waals surface area contributed by atoms with Crippen LogP contribution in [0.4, 0.5) is 13.2 Å². The van der Waals surface area contributed by atoms with Crippen LogP contribution in [0.3, 0.4) is 0 Å². The molecular weight excluding hydrogens is 417 g/mol. The maximum atomic E-state index is 13.4. The van der Waals surface area contributed by atoms with Crippen molar-refractivity contribution in [2.75, 3.05) is 13.2 Å². The summed E-state index contributed by atoms with van der Waals surface area (Å²) in [5.41, 5.74) is -0.654. The smallest absolute Gasteiger partial charge is 0.380 e. The predicted octanol–water partition coefficient (Wildman–Crippen LogP) is 4.01. The van der Waals surface area contributed by atoms with Gasteiger partial charge in [0.05, 0.1) is 29.3 Å². The van der Waals surface area contributed by atoms with Crippen LogP contribution in [-0.4, -0.2) is 45.2 Å². The number of rotatable bonds is 6. The van der Waals surface area contributed by atoms with Crippen molar-refractivity contribution in [2.24, 2.45) is 5.41 Å². The monoisotopic (exact) mass is 439 g/mol. The molecule has 2 aliphatic rings. The minimum atomic E-state index is -4.48. The van der Waals surface area contributed by atoms with E-state index in [0.717, 1.165) is 25.8 Å². The summed E-state index contributed by atoms with van der Waals surface area (Å²) in [4.78, 5) is 34.3. The first-order chi connectivity index (χ1) is 14.5. The highest BCUT2D eigenvalue weighted by atomic mass is 19.4. The van der Waals surface area contributed by atoms with Gasteiger partial charge in [0.15, 0.2) is 5.69 Å². The number of hydrogen-bond donors (Lipinski definition) is 0. The largest absolute Gasteiger partial charge is 0.484 e. The van der Waals surface area contributed by atoms with Gasteiger partial charge in [-0.05, 0) is 49.8 Å². The van der Waals surface area contributed by atoms with Crippen molar-refractivity contribution in [2.45, 2.75) is 57.7 Å². The molecule has 166 valence electrons. The Hall–Kier alpha value is -2.69. The Labute approximate surface area is 175 Å². The van der Waals surface area contributed by atoms with Crippen LogP contribution in [-0.2, 0) is 4.74 Å². The van der Waals surface area contributed by atoms with Crippen LogP contribution in [0.2, 0.25) is 0 Å². The second-order valence-corrected chi connectivity index (χ2v) is 8.59. The number of aryl methyl sites for hydroxylation is 1. The molecular formula is C20H22F3N4O4+. The first-order valence-corrected chi connectivity index (χ1v) is 9.96. The maximum absolute atomic E-state index is 13.4. The summed E-state index contributed by atoms with van der Waals surface area (Å²) in [7, 11) is 0. The van der Waals surface area contributed by atoms with Crippen LogP contribution in [0.5, 0.6) is 0 Å². The first-order valence-electron chi connectivity index (χ1n) is 9.96. The molecule has 0 aromatic carbocycles. The van der Waals surface area contributed by atoms with Gasteiger partial charge >= 0.3 is 12.1 Å². The van der Waals surface area contributed by atoms with Gasteiger partial charge in [0.25, 0.3) is 6.04 Å². The van der Waals surface area contributed by atoms with E-state index < -0.39 is 29.5 Å². The third kappa shape index (κ3) is 3.98. The highest BCUT2D eigenvalue weighted by Crippen LogP contribution is 2.46. The molecule has 3 heterocycles. The lowest BCUT2D eigenvalue weighted by Gasteiger charge is -2.37.